The topological polar surface area (TPSA) is 67.4 Å². The molecule has 0 aliphatic heterocycles. The molecule has 7 heteroatoms. The first-order chi connectivity index (χ1) is 9.95. The van der Waals surface area contributed by atoms with E-state index in [-0.39, 0.29) is 24.8 Å². The van der Waals surface area contributed by atoms with Gasteiger partial charge >= 0.3 is 5.97 Å². The van der Waals surface area contributed by atoms with Gasteiger partial charge in [-0.3, -0.25) is 9.59 Å². The number of hydrogen-bond acceptors (Lipinski definition) is 4. The first kappa shape index (κ1) is 17.8. The van der Waals surface area contributed by atoms with Crippen LogP contribution in [0.15, 0.2) is 12.1 Å². The summed E-state index contributed by atoms with van der Waals surface area (Å²) in [5.74, 6) is -0.580. The molecule has 5 nitrogen and oxygen atoms in total. The third kappa shape index (κ3) is 5.91. The minimum absolute atomic E-state index is 0.0556. The number of carbonyl (C=O) groups is 2. The number of carbonyl (C=O) groups excluding carboxylic acids is 2. The van der Waals surface area contributed by atoms with Crippen molar-refractivity contribution in [3.63, 3.8) is 0 Å². The lowest BCUT2D eigenvalue weighted by atomic mass is 10.2. The molecule has 0 aromatic heterocycles. The maximum absolute atomic E-state index is 11.8. The molecule has 0 fully saturated rings. The average molecular weight is 333 g/mol. The van der Waals surface area contributed by atoms with E-state index in [4.69, 9.17) is 27.9 Å². The van der Waals surface area contributed by atoms with Gasteiger partial charge in [-0.1, -0.05) is 29.3 Å². The average Bonchev–Trinajstić information content (AvgIpc) is 2.44. The standard InChI is InChI=1S/C14H18Cl2N2O3/c1-3-21-12(20)6-7-17-8-11(19)18-14-10(15)5-4-9(2)13(14)16/h4-5,17H,3,6-8H2,1-2H3,(H,18,19). The first-order valence-corrected chi connectivity index (χ1v) is 7.32. The molecular weight excluding hydrogens is 315 g/mol. The summed E-state index contributed by atoms with van der Waals surface area (Å²) in [6.45, 7) is 4.34. The number of rotatable bonds is 7. The number of ether oxygens (including phenoxy) is 1. The molecule has 2 N–H and O–H groups in total. The molecule has 116 valence electrons. The molecule has 0 bridgehead atoms. The first-order valence-electron chi connectivity index (χ1n) is 6.56. The normalized spacial score (nSPS) is 10.3. The Bertz CT molecular complexity index is 521. The van der Waals surface area contributed by atoms with Gasteiger partial charge in [-0.25, -0.2) is 0 Å². The molecule has 1 aromatic rings. The van der Waals surface area contributed by atoms with Crippen LogP contribution in [0.3, 0.4) is 0 Å². The highest BCUT2D eigenvalue weighted by molar-refractivity contribution is 6.40. The number of benzene rings is 1. The molecule has 21 heavy (non-hydrogen) atoms. The number of hydrogen-bond donors (Lipinski definition) is 2. The molecule has 0 spiro atoms. The summed E-state index contributed by atoms with van der Waals surface area (Å²) in [7, 11) is 0. The highest BCUT2D eigenvalue weighted by Crippen LogP contribution is 2.32. The Morgan fingerprint density at radius 3 is 2.67 bits per heavy atom. The molecule has 0 saturated heterocycles. The number of nitrogens with one attached hydrogen (secondary N) is 2. The Hall–Kier alpha value is -1.30. The Labute approximate surface area is 133 Å². The van der Waals surface area contributed by atoms with Crippen molar-refractivity contribution >= 4 is 40.8 Å². The van der Waals surface area contributed by atoms with Gasteiger partial charge in [0.25, 0.3) is 0 Å². The molecular formula is C14H18Cl2N2O3. The van der Waals surface area contributed by atoms with E-state index >= 15 is 0 Å². The van der Waals surface area contributed by atoms with Crippen molar-refractivity contribution in [1.29, 1.82) is 0 Å². The van der Waals surface area contributed by atoms with E-state index in [0.717, 1.165) is 5.56 Å². The largest absolute Gasteiger partial charge is 0.466 e. The van der Waals surface area contributed by atoms with E-state index in [2.05, 4.69) is 10.6 Å². The number of halogens is 2. The van der Waals surface area contributed by atoms with Crippen LogP contribution in [0.2, 0.25) is 10.0 Å². The Morgan fingerprint density at radius 2 is 2.00 bits per heavy atom. The third-order valence-corrected chi connectivity index (χ3v) is 3.45. The summed E-state index contributed by atoms with van der Waals surface area (Å²) in [5, 5.41) is 6.30. The van der Waals surface area contributed by atoms with Gasteiger partial charge in [0.15, 0.2) is 0 Å². The van der Waals surface area contributed by atoms with E-state index in [1.807, 2.05) is 6.92 Å². The molecule has 0 aliphatic rings. The Kier molecular flexibility index (Phi) is 7.50. The van der Waals surface area contributed by atoms with Crippen LogP contribution < -0.4 is 10.6 Å². The molecule has 0 unspecified atom stereocenters. The Balaban J connectivity index is 2.41. The molecule has 0 aliphatic carbocycles. The van der Waals surface area contributed by atoms with Crippen LogP contribution in [0, 0.1) is 6.92 Å². The van der Waals surface area contributed by atoms with Crippen LogP contribution in [0.1, 0.15) is 18.9 Å². The summed E-state index contributed by atoms with van der Waals surface area (Å²) < 4.78 is 4.77. The molecule has 0 saturated carbocycles. The zero-order chi connectivity index (χ0) is 15.8. The van der Waals surface area contributed by atoms with Crippen molar-refractivity contribution in [2.75, 3.05) is 25.0 Å². The van der Waals surface area contributed by atoms with E-state index in [1.54, 1.807) is 19.1 Å². The molecule has 0 atom stereocenters. The molecule has 0 radical (unpaired) electrons. The van der Waals surface area contributed by atoms with Gasteiger partial charge in [0.1, 0.15) is 0 Å². The van der Waals surface area contributed by atoms with Gasteiger partial charge in [0, 0.05) is 6.54 Å². The monoisotopic (exact) mass is 332 g/mol. The van der Waals surface area contributed by atoms with Crippen LogP contribution in [-0.2, 0) is 14.3 Å². The minimum Gasteiger partial charge on any atom is -0.466 e. The zero-order valence-corrected chi connectivity index (χ0v) is 13.5. The second kappa shape index (κ2) is 8.87. The fourth-order valence-electron chi connectivity index (χ4n) is 1.58. The lowest BCUT2D eigenvalue weighted by Gasteiger charge is -2.11. The fourth-order valence-corrected chi connectivity index (χ4v) is 2.05. The summed E-state index contributed by atoms with van der Waals surface area (Å²) in [6, 6.07) is 3.45. The van der Waals surface area contributed by atoms with Crippen LogP contribution in [0.4, 0.5) is 5.69 Å². The predicted octanol–water partition coefficient (Wildman–Crippen LogP) is 2.78. The smallest absolute Gasteiger partial charge is 0.307 e. The summed E-state index contributed by atoms with van der Waals surface area (Å²) in [5.41, 5.74) is 1.22. The van der Waals surface area contributed by atoms with Gasteiger partial charge < -0.3 is 15.4 Å². The highest BCUT2D eigenvalue weighted by Gasteiger charge is 2.11. The highest BCUT2D eigenvalue weighted by atomic mass is 35.5. The number of aryl methyl sites for hydroxylation is 1. The van der Waals surface area contributed by atoms with Crippen molar-refractivity contribution in [2.24, 2.45) is 0 Å². The lowest BCUT2D eigenvalue weighted by molar-refractivity contribution is -0.143. The third-order valence-electron chi connectivity index (χ3n) is 2.65. The van der Waals surface area contributed by atoms with Crippen molar-refractivity contribution in [1.82, 2.24) is 5.32 Å². The van der Waals surface area contributed by atoms with Crippen LogP contribution in [0.5, 0.6) is 0 Å². The van der Waals surface area contributed by atoms with E-state index in [1.165, 1.54) is 0 Å². The van der Waals surface area contributed by atoms with Crippen LogP contribution >= 0.6 is 23.2 Å². The zero-order valence-electron chi connectivity index (χ0n) is 12.0. The van der Waals surface area contributed by atoms with Gasteiger partial charge in [-0.05, 0) is 25.5 Å². The molecule has 1 rings (SSSR count). The molecule has 0 heterocycles. The fraction of sp³-hybridized carbons (Fsp3) is 0.429. The lowest BCUT2D eigenvalue weighted by Crippen LogP contribution is -2.30. The van der Waals surface area contributed by atoms with Crippen molar-refractivity contribution in [3.8, 4) is 0 Å². The molecule has 1 amide bonds. The second-order valence-electron chi connectivity index (χ2n) is 4.33. The number of anilines is 1. The van der Waals surface area contributed by atoms with Crippen molar-refractivity contribution in [2.45, 2.75) is 20.3 Å². The van der Waals surface area contributed by atoms with E-state index in [9.17, 15) is 9.59 Å². The summed E-state index contributed by atoms with van der Waals surface area (Å²) >= 11 is 12.1. The van der Waals surface area contributed by atoms with Crippen LogP contribution in [0.25, 0.3) is 0 Å². The van der Waals surface area contributed by atoms with Gasteiger partial charge in [-0.15, -0.1) is 0 Å². The van der Waals surface area contributed by atoms with Gasteiger partial charge in [0.05, 0.1) is 35.3 Å². The maximum Gasteiger partial charge on any atom is 0.307 e. The molecule has 1 aromatic carbocycles. The van der Waals surface area contributed by atoms with Crippen LogP contribution in [-0.4, -0.2) is 31.6 Å². The summed E-state index contributed by atoms with van der Waals surface area (Å²) in [4.78, 5) is 22.9. The Morgan fingerprint density at radius 1 is 1.29 bits per heavy atom. The SMILES string of the molecule is CCOC(=O)CCNCC(=O)Nc1c(Cl)ccc(C)c1Cl. The quantitative estimate of drug-likeness (QED) is 0.595. The van der Waals surface area contributed by atoms with Gasteiger partial charge in [-0.2, -0.15) is 0 Å². The number of esters is 1. The predicted molar refractivity (Wildman–Crippen MR) is 83.9 cm³/mol. The van der Waals surface area contributed by atoms with Gasteiger partial charge in [0.2, 0.25) is 5.91 Å². The number of amides is 1. The van der Waals surface area contributed by atoms with E-state index < -0.39 is 0 Å². The van der Waals surface area contributed by atoms with Crippen molar-refractivity contribution in [3.05, 3.63) is 27.7 Å². The maximum atomic E-state index is 11.8. The summed E-state index contributed by atoms with van der Waals surface area (Å²) in [6.07, 6.45) is 0.215. The van der Waals surface area contributed by atoms with E-state index in [0.29, 0.717) is 28.9 Å². The van der Waals surface area contributed by atoms with Crippen molar-refractivity contribution < 1.29 is 14.3 Å². The second-order valence-corrected chi connectivity index (χ2v) is 5.12. The minimum atomic E-state index is -0.296.